The summed E-state index contributed by atoms with van der Waals surface area (Å²) in [7, 11) is 3.26. The zero-order valence-electron chi connectivity index (χ0n) is 13.4. The quantitative estimate of drug-likeness (QED) is 0.713. The van der Waals surface area contributed by atoms with Crippen molar-refractivity contribution < 1.29 is 14.1 Å². The maximum atomic E-state index is 12.3. The van der Waals surface area contributed by atoms with Crippen molar-refractivity contribution in [1.82, 2.24) is 25.2 Å². The number of aromatic amines is 1. The first-order valence-corrected chi connectivity index (χ1v) is 7.42. The van der Waals surface area contributed by atoms with Gasteiger partial charge in [0.1, 0.15) is 6.54 Å². The van der Waals surface area contributed by atoms with Crippen LogP contribution in [0.3, 0.4) is 0 Å². The molecule has 1 aromatic carbocycles. The van der Waals surface area contributed by atoms with E-state index in [0.29, 0.717) is 30.4 Å². The number of ether oxygens (including phenoxy) is 1. The maximum Gasteiger partial charge on any atom is 0.322 e. The van der Waals surface area contributed by atoms with Gasteiger partial charge in [0, 0.05) is 26.0 Å². The number of carbonyl (C=O) groups is 1. The Morgan fingerprint density at radius 1 is 1.46 bits per heavy atom. The van der Waals surface area contributed by atoms with Crippen molar-refractivity contribution in [1.29, 1.82) is 0 Å². The van der Waals surface area contributed by atoms with Gasteiger partial charge in [0.05, 0.1) is 24.0 Å². The summed E-state index contributed by atoms with van der Waals surface area (Å²) in [5.74, 6) is 0.932. The molecule has 2 aromatic heterocycles. The number of benzene rings is 1. The van der Waals surface area contributed by atoms with Crippen LogP contribution in [-0.4, -0.2) is 52.0 Å². The van der Waals surface area contributed by atoms with Crippen LogP contribution >= 0.6 is 0 Å². The average Bonchev–Trinajstić information content (AvgIpc) is 3.22. The summed E-state index contributed by atoms with van der Waals surface area (Å²) in [4.78, 5) is 18.0. The number of aromatic nitrogens is 4. The molecule has 0 aliphatic heterocycles. The zero-order chi connectivity index (χ0) is 16.9. The van der Waals surface area contributed by atoms with Gasteiger partial charge in [0.25, 0.3) is 0 Å². The van der Waals surface area contributed by atoms with Crippen molar-refractivity contribution >= 4 is 22.6 Å². The van der Waals surface area contributed by atoms with E-state index in [1.165, 1.54) is 4.90 Å². The summed E-state index contributed by atoms with van der Waals surface area (Å²) < 4.78 is 10.1. The third kappa shape index (κ3) is 3.51. The van der Waals surface area contributed by atoms with E-state index < -0.39 is 0 Å². The molecular weight excluding hydrogens is 312 g/mol. The minimum atomic E-state index is -0.284. The molecule has 126 valence electrons. The zero-order valence-corrected chi connectivity index (χ0v) is 13.4. The molecule has 0 unspecified atom stereocenters. The van der Waals surface area contributed by atoms with Crippen molar-refractivity contribution in [3.63, 3.8) is 0 Å². The van der Waals surface area contributed by atoms with Crippen molar-refractivity contribution in [2.24, 2.45) is 0 Å². The van der Waals surface area contributed by atoms with Crippen molar-refractivity contribution in [2.75, 3.05) is 26.1 Å². The summed E-state index contributed by atoms with van der Waals surface area (Å²) >= 11 is 0. The van der Waals surface area contributed by atoms with E-state index >= 15 is 0 Å². The molecule has 0 saturated heterocycles. The highest BCUT2D eigenvalue weighted by Crippen LogP contribution is 2.20. The summed E-state index contributed by atoms with van der Waals surface area (Å²) in [6, 6.07) is 5.29. The molecule has 24 heavy (non-hydrogen) atoms. The first-order chi connectivity index (χ1) is 11.7. The van der Waals surface area contributed by atoms with E-state index in [1.54, 1.807) is 20.4 Å². The minimum absolute atomic E-state index is 0.213. The molecule has 3 rings (SSSR count). The molecule has 0 spiro atoms. The number of anilines is 1. The molecule has 0 fully saturated rings. The Balaban J connectivity index is 1.62. The second-order valence-corrected chi connectivity index (χ2v) is 5.27. The van der Waals surface area contributed by atoms with Gasteiger partial charge in [-0.05, 0) is 6.07 Å². The largest absolute Gasteiger partial charge is 0.384 e. The van der Waals surface area contributed by atoms with Gasteiger partial charge in [0.2, 0.25) is 5.89 Å². The van der Waals surface area contributed by atoms with Crippen LogP contribution in [0.2, 0.25) is 0 Å². The number of para-hydroxylation sites is 1. The topological polar surface area (TPSA) is 109 Å². The van der Waals surface area contributed by atoms with Gasteiger partial charge < -0.3 is 19.5 Å². The Kier molecular flexibility index (Phi) is 4.71. The Bertz CT molecular complexity index is 827. The van der Waals surface area contributed by atoms with Gasteiger partial charge in [-0.3, -0.25) is 5.10 Å². The van der Waals surface area contributed by atoms with E-state index in [2.05, 4.69) is 25.7 Å². The van der Waals surface area contributed by atoms with Crippen LogP contribution in [-0.2, 0) is 17.7 Å². The second kappa shape index (κ2) is 7.09. The van der Waals surface area contributed by atoms with Crippen LogP contribution in [0.4, 0.5) is 10.5 Å². The Labute approximate surface area is 138 Å². The SMILES string of the molecule is COCCc1noc(CN(C)C(=O)Nc2cccc3cn[nH]c23)n1. The molecule has 0 aliphatic rings. The minimum Gasteiger partial charge on any atom is -0.384 e. The summed E-state index contributed by atoms with van der Waals surface area (Å²) in [5.41, 5.74) is 1.44. The first-order valence-electron chi connectivity index (χ1n) is 7.42. The van der Waals surface area contributed by atoms with Crippen LogP contribution in [0.1, 0.15) is 11.7 Å². The standard InChI is InChI=1S/C15H18N6O3/c1-21(9-13-18-12(20-24-13)6-7-23-2)15(22)17-11-5-3-4-10-8-16-19-14(10)11/h3-5,8H,6-7,9H2,1-2H3,(H,16,19)(H,17,22). The molecule has 9 nitrogen and oxygen atoms in total. The fraction of sp³-hybridized carbons (Fsp3) is 0.333. The molecular formula is C15H18N6O3. The molecule has 0 aliphatic carbocycles. The number of methoxy groups -OCH3 is 1. The maximum absolute atomic E-state index is 12.3. The lowest BCUT2D eigenvalue weighted by Gasteiger charge is -2.16. The van der Waals surface area contributed by atoms with Crippen molar-refractivity contribution in [3.05, 3.63) is 36.1 Å². The Hall–Kier alpha value is -2.94. The number of urea groups is 1. The summed E-state index contributed by atoms with van der Waals surface area (Å²) in [5, 5.41) is 14.5. The number of amides is 2. The van der Waals surface area contributed by atoms with E-state index in [1.807, 2.05) is 18.2 Å². The Morgan fingerprint density at radius 2 is 2.33 bits per heavy atom. The van der Waals surface area contributed by atoms with Crippen LogP contribution < -0.4 is 5.32 Å². The monoisotopic (exact) mass is 330 g/mol. The number of carbonyl (C=O) groups excluding carboxylic acids is 1. The molecule has 0 radical (unpaired) electrons. The third-order valence-electron chi connectivity index (χ3n) is 3.48. The third-order valence-corrected chi connectivity index (χ3v) is 3.48. The highest BCUT2D eigenvalue weighted by Gasteiger charge is 2.15. The molecule has 3 aromatic rings. The first kappa shape index (κ1) is 15.9. The fourth-order valence-electron chi connectivity index (χ4n) is 2.21. The molecule has 0 saturated carbocycles. The summed E-state index contributed by atoms with van der Waals surface area (Å²) in [6.07, 6.45) is 2.27. The van der Waals surface area contributed by atoms with Crippen molar-refractivity contribution in [2.45, 2.75) is 13.0 Å². The van der Waals surface area contributed by atoms with Crippen molar-refractivity contribution in [3.8, 4) is 0 Å². The normalized spacial score (nSPS) is 10.9. The number of nitrogens with one attached hydrogen (secondary N) is 2. The highest BCUT2D eigenvalue weighted by atomic mass is 16.5. The highest BCUT2D eigenvalue weighted by molar-refractivity contribution is 5.99. The molecule has 2 heterocycles. The van der Waals surface area contributed by atoms with Gasteiger partial charge in [-0.1, -0.05) is 17.3 Å². The van der Waals surface area contributed by atoms with Crippen LogP contribution in [0.5, 0.6) is 0 Å². The number of nitrogens with zero attached hydrogens (tertiary/aromatic N) is 4. The van der Waals surface area contributed by atoms with Gasteiger partial charge >= 0.3 is 6.03 Å². The fourth-order valence-corrected chi connectivity index (χ4v) is 2.21. The lowest BCUT2D eigenvalue weighted by Crippen LogP contribution is -2.31. The number of hydrogen-bond acceptors (Lipinski definition) is 6. The molecule has 0 bridgehead atoms. The van der Waals surface area contributed by atoms with Gasteiger partial charge in [0.15, 0.2) is 5.82 Å². The van der Waals surface area contributed by atoms with Gasteiger partial charge in [-0.15, -0.1) is 0 Å². The molecule has 0 atom stereocenters. The van der Waals surface area contributed by atoms with E-state index in [9.17, 15) is 4.79 Å². The predicted molar refractivity (Wildman–Crippen MR) is 86.5 cm³/mol. The van der Waals surface area contributed by atoms with E-state index in [0.717, 1.165) is 10.9 Å². The van der Waals surface area contributed by atoms with Crippen LogP contribution in [0, 0.1) is 0 Å². The van der Waals surface area contributed by atoms with Gasteiger partial charge in [-0.25, -0.2) is 4.79 Å². The Morgan fingerprint density at radius 3 is 3.17 bits per heavy atom. The summed E-state index contributed by atoms with van der Waals surface area (Å²) in [6.45, 7) is 0.730. The lowest BCUT2D eigenvalue weighted by molar-refractivity contribution is 0.199. The van der Waals surface area contributed by atoms with E-state index in [4.69, 9.17) is 9.26 Å². The second-order valence-electron chi connectivity index (χ2n) is 5.27. The number of H-pyrrole nitrogens is 1. The molecule has 2 amide bonds. The molecule has 2 N–H and O–H groups in total. The smallest absolute Gasteiger partial charge is 0.322 e. The van der Waals surface area contributed by atoms with Gasteiger partial charge in [-0.2, -0.15) is 10.1 Å². The lowest BCUT2D eigenvalue weighted by atomic mass is 10.2. The molecule has 9 heteroatoms. The van der Waals surface area contributed by atoms with E-state index in [-0.39, 0.29) is 12.6 Å². The predicted octanol–water partition coefficient (Wildman–Crippen LogP) is 1.80. The number of rotatable bonds is 6. The number of fused-ring (bicyclic) bond motifs is 1. The number of hydrogen-bond donors (Lipinski definition) is 2. The van der Waals surface area contributed by atoms with Crippen LogP contribution in [0.25, 0.3) is 10.9 Å². The van der Waals surface area contributed by atoms with Crippen LogP contribution in [0.15, 0.2) is 28.9 Å². The average molecular weight is 330 g/mol.